The average molecular weight is 522 g/mol. The fourth-order valence-electron chi connectivity index (χ4n) is 3.51. The molecule has 1 atom stereocenters. The molecule has 156 valence electrons. The average Bonchev–Trinajstić information content (AvgIpc) is 3.23. The summed E-state index contributed by atoms with van der Waals surface area (Å²) in [5.41, 5.74) is 0.913. The summed E-state index contributed by atoms with van der Waals surface area (Å²) in [5, 5.41) is 3.32. The molecule has 2 aliphatic rings. The minimum Gasteiger partial charge on any atom is -0.368 e. The Labute approximate surface area is 187 Å². The monoisotopic (exact) mass is 522 g/mol. The highest BCUT2D eigenvalue weighted by molar-refractivity contribution is 14.0. The molecule has 0 saturated carbocycles. The normalized spacial score (nSPS) is 20.1. The summed E-state index contributed by atoms with van der Waals surface area (Å²) in [7, 11) is 1.74. The molecule has 9 heteroatoms. The van der Waals surface area contributed by atoms with Crippen molar-refractivity contribution >= 4 is 47.6 Å². The fourth-order valence-corrected chi connectivity index (χ4v) is 4.10. The molecular formula is C19H28FIN4O2S. The molecule has 2 heterocycles. The SMILES string of the molecule is CN=C(NCc1cc(F)ccc1SC)N1CCN(C(=O)C2CCCO2)CC1.I. The summed E-state index contributed by atoms with van der Waals surface area (Å²) in [5.74, 6) is 0.649. The van der Waals surface area contributed by atoms with Gasteiger partial charge in [0, 0.05) is 51.3 Å². The van der Waals surface area contributed by atoms with Crippen LogP contribution in [0.15, 0.2) is 28.1 Å². The van der Waals surface area contributed by atoms with E-state index in [1.807, 2.05) is 11.2 Å². The van der Waals surface area contributed by atoms with Gasteiger partial charge in [-0.05, 0) is 42.9 Å². The topological polar surface area (TPSA) is 57.2 Å². The number of ether oxygens (including phenoxy) is 1. The first kappa shape index (κ1) is 23.2. The van der Waals surface area contributed by atoms with Gasteiger partial charge in [-0.3, -0.25) is 9.79 Å². The van der Waals surface area contributed by atoms with Crippen LogP contribution in [0.25, 0.3) is 0 Å². The lowest BCUT2D eigenvalue weighted by atomic mass is 10.2. The number of thioether (sulfide) groups is 1. The molecule has 1 aromatic rings. The summed E-state index contributed by atoms with van der Waals surface area (Å²) < 4.78 is 19.1. The Hall–Kier alpha value is -1.07. The van der Waals surface area contributed by atoms with Crippen LogP contribution in [0.3, 0.4) is 0 Å². The quantitative estimate of drug-likeness (QED) is 0.285. The molecule has 1 aromatic carbocycles. The van der Waals surface area contributed by atoms with Crippen molar-refractivity contribution in [3.05, 3.63) is 29.6 Å². The van der Waals surface area contributed by atoms with Crippen molar-refractivity contribution in [2.75, 3.05) is 46.1 Å². The number of hydrogen-bond acceptors (Lipinski definition) is 4. The smallest absolute Gasteiger partial charge is 0.251 e. The number of piperazine rings is 1. The molecule has 1 unspecified atom stereocenters. The lowest BCUT2D eigenvalue weighted by Gasteiger charge is -2.37. The van der Waals surface area contributed by atoms with Crippen LogP contribution in [0.2, 0.25) is 0 Å². The molecule has 0 spiro atoms. The van der Waals surface area contributed by atoms with Gasteiger partial charge in [-0.1, -0.05) is 0 Å². The standard InChI is InChI=1S/C19H27FN4O2S.HI/c1-21-19(22-13-14-12-15(20)5-6-17(14)27-2)24-9-7-23(8-10-24)18(25)16-4-3-11-26-16;/h5-6,12,16H,3-4,7-11,13H2,1-2H3,(H,21,22);1H. The van der Waals surface area contributed by atoms with E-state index in [9.17, 15) is 9.18 Å². The van der Waals surface area contributed by atoms with Gasteiger partial charge in [0.25, 0.3) is 5.91 Å². The molecule has 2 fully saturated rings. The molecule has 0 radical (unpaired) electrons. The number of benzene rings is 1. The van der Waals surface area contributed by atoms with Gasteiger partial charge < -0.3 is 19.9 Å². The second kappa shape index (κ2) is 11.2. The number of rotatable bonds is 4. The van der Waals surface area contributed by atoms with Crippen LogP contribution in [0, 0.1) is 5.82 Å². The van der Waals surface area contributed by atoms with E-state index >= 15 is 0 Å². The van der Waals surface area contributed by atoms with E-state index in [1.165, 1.54) is 6.07 Å². The predicted molar refractivity (Wildman–Crippen MR) is 121 cm³/mol. The summed E-state index contributed by atoms with van der Waals surface area (Å²) in [6.45, 7) is 3.96. The number of amides is 1. The molecule has 6 nitrogen and oxygen atoms in total. The summed E-state index contributed by atoms with van der Waals surface area (Å²) in [6, 6.07) is 4.84. The van der Waals surface area contributed by atoms with E-state index in [2.05, 4.69) is 15.2 Å². The summed E-state index contributed by atoms with van der Waals surface area (Å²) >= 11 is 1.60. The number of hydrogen-bond donors (Lipinski definition) is 1. The third-order valence-corrected chi connectivity index (χ3v) is 5.83. The van der Waals surface area contributed by atoms with Gasteiger partial charge in [-0.15, -0.1) is 35.7 Å². The number of nitrogens with one attached hydrogen (secondary N) is 1. The molecule has 0 bridgehead atoms. The van der Waals surface area contributed by atoms with Crippen LogP contribution in [-0.4, -0.2) is 73.9 Å². The molecule has 3 rings (SSSR count). The Morgan fingerprint density at radius 3 is 2.64 bits per heavy atom. The highest BCUT2D eigenvalue weighted by Crippen LogP contribution is 2.21. The van der Waals surface area contributed by atoms with Crippen molar-refractivity contribution in [1.82, 2.24) is 15.1 Å². The molecule has 1 amide bonds. The highest BCUT2D eigenvalue weighted by Gasteiger charge is 2.30. The van der Waals surface area contributed by atoms with Crippen molar-refractivity contribution in [2.24, 2.45) is 4.99 Å². The Morgan fingerprint density at radius 1 is 1.32 bits per heavy atom. The number of nitrogens with zero attached hydrogens (tertiary/aromatic N) is 3. The van der Waals surface area contributed by atoms with Crippen molar-refractivity contribution in [3.8, 4) is 0 Å². The highest BCUT2D eigenvalue weighted by atomic mass is 127. The second-order valence-electron chi connectivity index (χ2n) is 6.67. The Kier molecular flexibility index (Phi) is 9.29. The van der Waals surface area contributed by atoms with E-state index < -0.39 is 0 Å². The second-order valence-corrected chi connectivity index (χ2v) is 7.52. The van der Waals surface area contributed by atoms with Crippen LogP contribution in [0.5, 0.6) is 0 Å². The maximum absolute atomic E-state index is 13.6. The maximum atomic E-state index is 13.6. The van der Waals surface area contributed by atoms with Crippen molar-refractivity contribution in [1.29, 1.82) is 0 Å². The van der Waals surface area contributed by atoms with E-state index in [0.29, 0.717) is 26.2 Å². The predicted octanol–water partition coefficient (Wildman–Crippen LogP) is 2.56. The Balaban J connectivity index is 0.00000280. The number of aliphatic imine (C=N–C) groups is 1. The zero-order valence-corrected chi connectivity index (χ0v) is 19.5. The Bertz CT molecular complexity index is 693. The van der Waals surface area contributed by atoms with Crippen LogP contribution in [-0.2, 0) is 16.1 Å². The summed E-state index contributed by atoms with van der Waals surface area (Å²) in [4.78, 5) is 21.9. The zero-order valence-electron chi connectivity index (χ0n) is 16.3. The minimum absolute atomic E-state index is 0. The number of carbonyl (C=O) groups excluding carboxylic acids is 1. The molecular weight excluding hydrogens is 494 g/mol. The van der Waals surface area contributed by atoms with Crippen molar-refractivity contribution in [2.45, 2.75) is 30.4 Å². The first-order chi connectivity index (χ1) is 13.1. The third-order valence-electron chi connectivity index (χ3n) is 4.99. The Morgan fingerprint density at radius 2 is 2.04 bits per heavy atom. The van der Waals surface area contributed by atoms with Crippen molar-refractivity contribution < 1.29 is 13.9 Å². The van der Waals surface area contributed by atoms with Gasteiger partial charge in [0.1, 0.15) is 11.9 Å². The summed E-state index contributed by atoms with van der Waals surface area (Å²) in [6.07, 6.45) is 3.51. The first-order valence-electron chi connectivity index (χ1n) is 9.30. The van der Waals surface area contributed by atoms with E-state index in [1.54, 1.807) is 30.9 Å². The molecule has 1 N–H and O–H groups in total. The number of halogens is 2. The first-order valence-corrected chi connectivity index (χ1v) is 10.5. The largest absolute Gasteiger partial charge is 0.368 e. The van der Waals surface area contributed by atoms with Crippen LogP contribution < -0.4 is 5.32 Å². The molecule has 0 aliphatic carbocycles. The minimum atomic E-state index is -0.257. The number of carbonyl (C=O) groups is 1. The van der Waals surface area contributed by atoms with Gasteiger partial charge in [0.15, 0.2) is 5.96 Å². The van der Waals surface area contributed by atoms with Crippen LogP contribution >= 0.6 is 35.7 Å². The van der Waals surface area contributed by atoms with Crippen LogP contribution in [0.1, 0.15) is 18.4 Å². The lowest BCUT2D eigenvalue weighted by Crippen LogP contribution is -2.55. The number of guanidine groups is 1. The van der Waals surface area contributed by atoms with Gasteiger partial charge in [-0.25, -0.2) is 4.39 Å². The van der Waals surface area contributed by atoms with Gasteiger partial charge in [-0.2, -0.15) is 0 Å². The van der Waals surface area contributed by atoms with Gasteiger partial charge >= 0.3 is 0 Å². The maximum Gasteiger partial charge on any atom is 0.251 e. The lowest BCUT2D eigenvalue weighted by molar-refractivity contribution is -0.142. The van der Waals surface area contributed by atoms with Gasteiger partial charge in [0.05, 0.1) is 0 Å². The molecule has 0 aromatic heterocycles. The van der Waals surface area contributed by atoms with E-state index in [-0.39, 0.29) is 41.8 Å². The molecule has 28 heavy (non-hydrogen) atoms. The van der Waals surface area contributed by atoms with E-state index in [4.69, 9.17) is 4.74 Å². The van der Waals surface area contributed by atoms with Crippen LogP contribution in [0.4, 0.5) is 4.39 Å². The third kappa shape index (κ3) is 5.73. The van der Waals surface area contributed by atoms with E-state index in [0.717, 1.165) is 42.3 Å². The molecule has 2 aliphatic heterocycles. The molecule has 2 saturated heterocycles. The zero-order chi connectivity index (χ0) is 19.2. The van der Waals surface area contributed by atoms with Crippen molar-refractivity contribution in [3.63, 3.8) is 0 Å². The van der Waals surface area contributed by atoms with Gasteiger partial charge in [0.2, 0.25) is 0 Å². The fraction of sp³-hybridized carbons (Fsp3) is 0.579.